The number of halogens is 1. The van der Waals surface area contributed by atoms with Gasteiger partial charge in [-0.2, -0.15) is 0 Å². The standard InChI is InChI=1S/C17H24ClN3O2/c1-13(23)4-3-5-17-19-15-12-14(6-7-16(15)20(17)2)21(9-8-18)10-11-22/h6-7,12,22H,3-5,8-11H2,1-2H3. The molecule has 0 unspecified atom stereocenters. The highest BCUT2D eigenvalue weighted by molar-refractivity contribution is 6.18. The molecular weight excluding hydrogens is 314 g/mol. The number of carbonyl (C=O) groups excluding carboxylic acids is 1. The van der Waals surface area contributed by atoms with Crippen molar-refractivity contribution in [3.8, 4) is 0 Å². The van der Waals surface area contributed by atoms with E-state index >= 15 is 0 Å². The van der Waals surface area contributed by atoms with E-state index in [-0.39, 0.29) is 12.4 Å². The number of aromatic nitrogens is 2. The number of benzene rings is 1. The summed E-state index contributed by atoms with van der Waals surface area (Å²) in [6.45, 7) is 2.95. The van der Waals surface area contributed by atoms with Crippen LogP contribution in [0.1, 0.15) is 25.6 Å². The van der Waals surface area contributed by atoms with Crippen molar-refractivity contribution >= 4 is 34.1 Å². The highest BCUT2D eigenvalue weighted by Crippen LogP contribution is 2.23. The van der Waals surface area contributed by atoms with E-state index in [1.165, 1.54) is 0 Å². The molecule has 0 aliphatic rings. The summed E-state index contributed by atoms with van der Waals surface area (Å²) < 4.78 is 2.08. The fourth-order valence-corrected chi connectivity index (χ4v) is 2.95. The Kier molecular flexibility index (Phi) is 6.42. The quantitative estimate of drug-likeness (QED) is 0.714. The minimum atomic E-state index is 0.0907. The number of hydrogen-bond acceptors (Lipinski definition) is 4. The average Bonchev–Trinajstić information content (AvgIpc) is 2.83. The number of alkyl halides is 1. The number of aryl methyl sites for hydroxylation is 2. The van der Waals surface area contributed by atoms with Gasteiger partial charge < -0.3 is 19.4 Å². The molecule has 0 spiro atoms. The van der Waals surface area contributed by atoms with E-state index in [1.54, 1.807) is 6.92 Å². The van der Waals surface area contributed by atoms with E-state index in [1.807, 2.05) is 25.2 Å². The first-order valence-electron chi connectivity index (χ1n) is 7.93. The van der Waals surface area contributed by atoms with Gasteiger partial charge in [0.2, 0.25) is 0 Å². The maximum Gasteiger partial charge on any atom is 0.129 e. The van der Waals surface area contributed by atoms with Crippen molar-refractivity contribution in [2.45, 2.75) is 26.2 Å². The van der Waals surface area contributed by atoms with Crippen LogP contribution in [0.25, 0.3) is 11.0 Å². The van der Waals surface area contributed by atoms with Crippen LogP contribution in [0, 0.1) is 0 Å². The number of carbonyl (C=O) groups is 1. The maximum absolute atomic E-state index is 11.1. The Labute approximate surface area is 141 Å². The van der Waals surface area contributed by atoms with Crippen molar-refractivity contribution in [3.05, 3.63) is 24.0 Å². The van der Waals surface area contributed by atoms with Gasteiger partial charge in [0.25, 0.3) is 0 Å². The van der Waals surface area contributed by atoms with E-state index in [9.17, 15) is 9.90 Å². The van der Waals surface area contributed by atoms with Crippen LogP contribution in [-0.4, -0.2) is 46.0 Å². The van der Waals surface area contributed by atoms with Crippen LogP contribution in [0.2, 0.25) is 0 Å². The SMILES string of the molecule is CC(=O)CCCc1nc2cc(N(CCO)CCCl)ccc2n1C. The van der Waals surface area contributed by atoms with Crippen LogP contribution < -0.4 is 4.90 Å². The minimum absolute atomic E-state index is 0.0907. The first-order valence-corrected chi connectivity index (χ1v) is 8.46. The fourth-order valence-electron chi connectivity index (χ4n) is 2.75. The van der Waals surface area contributed by atoms with E-state index in [0.29, 0.717) is 25.4 Å². The summed E-state index contributed by atoms with van der Waals surface area (Å²) in [7, 11) is 2.00. The van der Waals surface area contributed by atoms with Gasteiger partial charge in [-0.05, 0) is 31.5 Å². The average molecular weight is 338 g/mol. The Morgan fingerprint density at radius 2 is 2.17 bits per heavy atom. The highest BCUT2D eigenvalue weighted by Gasteiger charge is 2.11. The number of hydrogen-bond donors (Lipinski definition) is 1. The Bertz CT molecular complexity index is 663. The van der Waals surface area contributed by atoms with Crippen molar-refractivity contribution < 1.29 is 9.90 Å². The van der Waals surface area contributed by atoms with Crippen LogP contribution in [0.15, 0.2) is 18.2 Å². The van der Waals surface area contributed by atoms with Crippen LogP contribution in [-0.2, 0) is 18.3 Å². The van der Waals surface area contributed by atoms with Gasteiger partial charge in [-0.15, -0.1) is 11.6 Å². The molecule has 0 fully saturated rings. The van der Waals surface area contributed by atoms with Gasteiger partial charge in [-0.25, -0.2) is 4.98 Å². The Morgan fingerprint density at radius 1 is 1.39 bits per heavy atom. The van der Waals surface area contributed by atoms with Crippen molar-refractivity contribution in [3.63, 3.8) is 0 Å². The summed E-state index contributed by atoms with van der Waals surface area (Å²) in [6.07, 6.45) is 2.21. The number of nitrogens with zero attached hydrogens (tertiary/aromatic N) is 3. The van der Waals surface area contributed by atoms with E-state index < -0.39 is 0 Å². The molecule has 1 heterocycles. The molecule has 0 saturated heterocycles. The molecule has 0 aliphatic carbocycles. The molecule has 0 aliphatic heterocycles. The largest absolute Gasteiger partial charge is 0.395 e. The second kappa shape index (κ2) is 8.31. The summed E-state index contributed by atoms with van der Waals surface area (Å²) in [5, 5.41) is 9.20. The second-order valence-electron chi connectivity index (χ2n) is 5.72. The number of rotatable bonds is 9. The lowest BCUT2D eigenvalue weighted by atomic mass is 10.2. The van der Waals surface area contributed by atoms with Gasteiger partial charge >= 0.3 is 0 Å². The Balaban J connectivity index is 2.23. The summed E-state index contributed by atoms with van der Waals surface area (Å²) in [6, 6.07) is 6.11. The molecule has 1 aromatic heterocycles. The van der Waals surface area contributed by atoms with Crippen molar-refractivity contribution in [2.75, 3.05) is 30.5 Å². The lowest BCUT2D eigenvalue weighted by Crippen LogP contribution is -2.28. The molecule has 2 rings (SSSR count). The zero-order valence-corrected chi connectivity index (χ0v) is 14.5. The molecular formula is C17H24ClN3O2. The highest BCUT2D eigenvalue weighted by atomic mass is 35.5. The van der Waals surface area contributed by atoms with Gasteiger partial charge in [0.15, 0.2) is 0 Å². The second-order valence-corrected chi connectivity index (χ2v) is 6.09. The third-order valence-corrected chi connectivity index (χ3v) is 4.14. The Morgan fingerprint density at radius 3 is 2.83 bits per heavy atom. The summed E-state index contributed by atoms with van der Waals surface area (Å²) in [5.74, 6) is 1.72. The van der Waals surface area contributed by atoms with E-state index in [0.717, 1.165) is 35.4 Å². The fraction of sp³-hybridized carbons (Fsp3) is 0.529. The van der Waals surface area contributed by atoms with Gasteiger partial charge in [0.1, 0.15) is 11.6 Å². The van der Waals surface area contributed by atoms with Crippen molar-refractivity contribution in [2.24, 2.45) is 7.05 Å². The minimum Gasteiger partial charge on any atom is -0.395 e. The van der Waals surface area contributed by atoms with E-state index in [2.05, 4.69) is 9.47 Å². The van der Waals surface area contributed by atoms with Crippen LogP contribution in [0.4, 0.5) is 5.69 Å². The number of aliphatic hydroxyl groups is 1. The number of fused-ring (bicyclic) bond motifs is 1. The third-order valence-electron chi connectivity index (χ3n) is 3.98. The molecule has 0 radical (unpaired) electrons. The van der Waals surface area contributed by atoms with E-state index in [4.69, 9.17) is 16.6 Å². The Hall–Kier alpha value is -1.59. The number of aliphatic hydroxyl groups excluding tert-OH is 1. The lowest BCUT2D eigenvalue weighted by Gasteiger charge is -2.22. The van der Waals surface area contributed by atoms with Crippen LogP contribution in [0.3, 0.4) is 0 Å². The lowest BCUT2D eigenvalue weighted by molar-refractivity contribution is -0.117. The van der Waals surface area contributed by atoms with Gasteiger partial charge in [0, 0.05) is 44.5 Å². The monoisotopic (exact) mass is 337 g/mol. The molecule has 2 aromatic rings. The van der Waals surface area contributed by atoms with Gasteiger partial charge in [0.05, 0.1) is 17.6 Å². The summed E-state index contributed by atoms with van der Waals surface area (Å²) in [4.78, 5) is 17.8. The van der Waals surface area contributed by atoms with Crippen LogP contribution >= 0.6 is 11.6 Å². The van der Waals surface area contributed by atoms with Crippen LogP contribution in [0.5, 0.6) is 0 Å². The smallest absolute Gasteiger partial charge is 0.129 e. The topological polar surface area (TPSA) is 58.4 Å². The number of ketones is 1. The number of Topliss-reactive ketones (excluding diaryl/α,β-unsaturated/α-hetero) is 1. The summed E-state index contributed by atoms with van der Waals surface area (Å²) >= 11 is 5.84. The van der Waals surface area contributed by atoms with Gasteiger partial charge in [-0.3, -0.25) is 0 Å². The zero-order valence-electron chi connectivity index (χ0n) is 13.8. The molecule has 1 aromatic carbocycles. The maximum atomic E-state index is 11.1. The zero-order chi connectivity index (χ0) is 16.8. The molecule has 6 heteroatoms. The third kappa shape index (κ3) is 4.45. The summed E-state index contributed by atoms with van der Waals surface area (Å²) in [5.41, 5.74) is 3.02. The number of anilines is 1. The predicted molar refractivity (Wildman–Crippen MR) is 94.4 cm³/mol. The molecule has 1 N–H and O–H groups in total. The first kappa shape index (κ1) is 17.8. The molecule has 0 atom stereocenters. The molecule has 0 amide bonds. The van der Waals surface area contributed by atoms with Crippen molar-refractivity contribution in [1.29, 1.82) is 0 Å². The molecule has 23 heavy (non-hydrogen) atoms. The predicted octanol–water partition coefficient (Wildman–Crippen LogP) is 2.52. The molecule has 126 valence electrons. The van der Waals surface area contributed by atoms with Gasteiger partial charge in [-0.1, -0.05) is 0 Å². The normalized spacial score (nSPS) is 11.1. The first-order chi connectivity index (χ1) is 11.1. The molecule has 5 nitrogen and oxygen atoms in total. The number of imidazole rings is 1. The molecule has 0 bridgehead atoms. The molecule has 0 saturated carbocycles. The van der Waals surface area contributed by atoms with Crippen molar-refractivity contribution in [1.82, 2.24) is 9.55 Å².